The van der Waals surface area contributed by atoms with Gasteiger partial charge in [0.2, 0.25) is 0 Å². The van der Waals surface area contributed by atoms with Gasteiger partial charge >= 0.3 is 0 Å². The molecule has 1 aromatic heterocycles. The lowest BCUT2D eigenvalue weighted by molar-refractivity contribution is 0.470. The highest BCUT2D eigenvalue weighted by atomic mass is 79.9. The molecule has 0 unspecified atom stereocenters. The number of hydrogen-bond donors (Lipinski definition) is 2. The topological polar surface area (TPSA) is 65.7 Å². The molecule has 4 rings (SSSR count). The third kappa shape index (κ3) is 3.41. The molecule has 4 aromatic rings. The Morgan fingerprint density at radius 2 is 1.86 bits per heavy atom. The Morgan fingerprint density at radius 3 is 2.61 bits per heavy atom. The van der Waals surface area contributed by atoms with Gasteiger partial charge in [-0.05, 0) is 71.2 Å². The van der Waals surface area contributed by atoms with Crippen LogP contribution in [0, 0.1) is 13.8 Å². The van der Waals surface area contributed by atoms with Crippen molar-refractivity contribution < 1.29 is 10.2 Å². The molecule has 0 bridgehead atoms. The molecule has 0 saturated carbocycles. The fourth-order valence-electron chi connectivity index (χ4n) is 2.90. The first-order valence-electron chi connectivity index (χ1n) is 8.65. The fourth-order valence-corrected chi connectivity index (χ4v) is 4.44. The van der Waals surface area contributed by atoms with E-state index in [1.165, 1.54) is 11.3 Å². The van der Waals surface area contributed by atoms with E-state index < -0.39 is 0 Å². The van der Waals surface area contributed by atoms with Crippen molar-refractivity contribution in [1.29, 1.82) is 0 Å². The average molecular weight is 453 g/mol. The van der Waals surface area contributed by atoms with Crippen molar-refractivity contribution >= 4 is 49.4 Å². The van der Waals surface area contributed by atoms with Gasteiger partial charge in [0.25, 0.3) is 0 Å². The molecule has 6 heteroatoms. The molecular formula is C22H17BrN2O2S. The number of halogens is 1. The minimum atomic E-state index is 0.124. The molecule has 0 radical (unpaired) electrons. The minimum Gasteiger partial charge on any atom is -0.507 e. The number of phenols is 2. The van der Waals surface area contributed by atoms with E-state index in [1.54, 1.807) is 12.3 Å². The van der Waals surface area contributed by atoms with Crippen molar-refractivity contribution in [2.75, 3.05) is 0 Å². The van der Waals surface area contributed by atoms with Crippen LogP contribution >= 0.6 is 27.3 Å². The summed E-state index contributed by atoms with van der Waals surface area (Å²) in [6.07, 6.45) is 1.60. The predicted octanol–water partition coefficient (Wildman–Crippen LogP) is 6.50. The number of para-hydroxylation sites is 1. The minimum absolute atomic E-state index is 0.124. The van der Waals surface area contributed by atoms with Crippen molar-refractivity contribution in [3.8, 4) is 22.1 Å². The number of aliphatic imine (C=N–C) groups is 1. The smallest absolute Gasteiger partial charge is 0.138 e. The number of nitrogens with zero attached hydrogens (tertiary/aromatic N) is 2. The van der Waals surface area contributed by atoms with Gasteiger partial charge in [-0.15, -0.1) is 11.3 Å². The number of aryl methyl sites for hydroxylation is 1. The first-order valence-corrected chi connectivity index (χ1v) is 10.3. The molecule has 1 heterocycles. The van der Waals surface area contributed by atoms with Crippen LogP contribution in [0.5, 0.6) is 11.5 Å². The normalized spacial score (nSPS) is 11.5. The van der Waals surface area contributed by atoms with Crippen LogP contribution < -0.4 is 0 Å². The van der Waals surface area contributed by atoms with E-state index in [4.69, 9.17) is 0 Å². The van der Waals surface area contributed by atoms with E-state index in [0.29, 0.717) is 21.3 Å². The van der Waals surface area contributed by atoms with Crippen molar-refractivity contribution in [1.82, 2.24) is 4.98 Å². The Morgan fingerprint density at radius 1 is 1.07 bits per heavy atom. The molecule has 0 aliphatic carbocycles. The van der Waals surface area contributed by atoms with E-state index in [2.05, 4.69) is 25.9 Å². The van der Waals surface area contributed by atoms with Gasteiger partial charge in [-0.25, -0.2) is 4.98 Å². The van der Waals surface area contributed by atoms with Gasteiger partial charge in [0, 0.05) is 17.8 Å². The summed E-state index contributed by atoms with van der Waals surface area (Å²) < 4.78 is 1.75. The zero-order valence-electron chi connectivity index (χ0n) is 15.3. The van der Waals surface area contributed by atoms with Crippen LogP contribution in [-0.2, 0) is 0 Å². The van der Waals surface area contributed by atoms with Gasteiger partial charge in [0.1, 0.15) is 16.5 Å². The molecule has 4 nitrogen and oxygen atoms in total. The number of aromatic nitrogens is 1. The van der Waals surface area contributed by atoms with Crippen LogP contribution in [0.3, 0.4) is 0 Å². The molecule has 3 aromatic carbocycles. The predicted molar refractivity (Wildman–Crippen MR) is 119 cm³/mol. The Balaban J connectivity index is 1.66. The molecular weight excluding hydrogens is 436 g/mol. The van der Waals surface area contributed by atoms with Crippen LogP contribution in [0.1, 0.15) is 16.7 Å². The second kappa shape index (κ2) is 7.37. The lowest BCUT2D eigenvalue weighted by Gasteiger charge is -2.08. The summed E-state index contributed by atoms with van der Waals surface area (Å²) in [4.78, 5) is 8.99. The first kappa shape index (κ1) is 18.7. The molecule has 28 heavy (non-hydrogen) atoms. The number of aromatic hydroxyl groups is 2. The van der Waals surface area contributed by atoms with E-state index in [0.717, 1.165) is 26.4 Å². The van der Waals surface area contributed by atoms with Gasteiger partial charge in [-0.1, -0.05) is 12.1 Å². The van der Waals surface area contributed by atoms with E-state index in [-0.39, 0.29) is 11.5 Å². The maximum atomic E-state index is 10.5. The molecule has 0 aliphatic rings. The molecule has 140 valence electrons. The molecule has 0 amide bonds. The van der Waals surface area contributed by atoms with E-state index >= 15 is 0 Å². The number of hydrogen-bond acceptors (Lipinski definition) is 5. The Bertz CT molecular complexity index is 1200. The number of thiazole rings is 1. The SMILES string of the molecule is Cc1cc(C=Nc2ccc(-c3nc4ccccc4s3)c(O)c2)c(O)c(Br)c1C. The summed E-state index contributed by atoms with van der Waals surface area (Å²) in [7, 11) is 0. The van der Waals surface area contributed by atoms with Crippen LogP contribution in [0.2, 0.25) is 0 Å². The number of phenolic OH excluding ortho intramolecular Hbond substituents is 2. The highest BCUT2D eigenvalue weighted by Gasteiger charge is 2.12. The second-order valence-corrected chi connectivity index (χ2v) is 8.34. The largest absolute Gasteiger partial charge is 0.507 e. The summed E-state index contributed by atoms with van der Waals surface area (Å²) in [5.41, 5.74) is 4.85. The second-order valence-electron chi connectivity index (χ2n) is 6.52. The van der Waals surface area contributed by atoms with Crippen molar-refractivity contribution in [3.63, 3.8) is 0 Å². The van der Waals surface area contributed by atoms with Crippen LogP contribution in [0.4, 0.5) is 5.69 Å². The molecule has 0 saturated heterocycles. The highest BCUT2D eigenvalue weighted by molar-refractivity contribution is 9.10. The first-order chi connectivity index (χ1) is 13.4. The molecule has 2 N–H and O–H groups in total. The van der Waals surface area contributed by atoms with Gasteiger partial charge in [0.05, 0.1) is 25.9 Å². The summed E-state index contributed by atoms with van der Waals surface area (Å²) in [5.74, 6) is 0.279. The van der Waals surface area contributed by atoms with Gasteiger partial charge in [0.15, 0.2) is 0 Å². The van der Waals surface area contributed by atoms with Crippen LogP contribution in [-0.4, -0.2) is 21.4 Å². The molecule has 0 atom stereocenters. The van der Waals surface area contributed by atoms with Gasteiger partial charge < -0.3 is 10.2 Å². The van der Waals surface area contributed by atoms with E-state index in [9.17, 15) is 10.2 Å². The summed E-state index contributed by atoms with van der Waals surface area (Å²) >= 11 is 4.95. The van der Waals surface area contributed by atoms with Gasteiger partial charge in [-0.2, -0.15) is 0 Å². The summed E-state index contributed by atoms with van der Waals surface area (Å²) in [5, 5.41) is 21.6. The van der Waals surface area contributed by atoms with Gasteiger partial charge in [-0.3, -0.25) is 4.99 Å². The number of rotatable bonds is 3. The van der Waals surface area contributed by atoms with Crippen LogP contribution in [0.15, 0.2) is 58.0 Å². The maximum absolute atomic E-state index is 10.5. The summed E-state index contributed by atoms with van der Waals surface area (Å²) in [6.45, 7) is 3.92. The Hall–Kier alpha value is -2.70. The third-order valence-electron chi connectivity index (χ3n) is 4.63. The lowest BCUT2D eigenvalue weighted by Crippen LogP contribution is -1.90. The standard InChI is InChI=1S/C22H17BrN2O2S/c1-12-9-14(21(27)20(23)13(12)2)11-24-15-7-8-16(18(26)10-15)22-25-17-5-3-4-6-19(17)28-22/h3-11,26-27H,1-2H3. The zero-order valence-corrected chi connectivity index (χ0v) is 17.7. The monoisotopic (exact) mass is 452 g/mol. The number of benzene rings is 3. The quantitative estimate of drug-likeness (QED) is 0.348. The van der Waals surface area contributed by atoms with E-state index in [1.807, 2.05) is 56.3 Å². The molecule has 0 fully saturated rings. The lowest BCUT2D eigenvalue weighted by atomic mass is 10.1. The Kier molecular flexibility index (Phi) is 4.91. The average Bonchev–Trinajstić information content (AvgIpc) is 3.12. The number of fused-ring (bicyclic) bond motifs is 1. The highest BCUT2D eigenvalue weighted by Crippen LogP contribution is 2.37. The van der Waals surface area contributed by atoms with Crippen LogP contribution in [0.25, 0.3) is 20.8 Å². The summed E-state index contributed by atoms with van der Waals surface area (Å²) in [6, 6.07) is 15.0. The van der Waals surface area contributed by atoms with Crippen molar-refractivity contribution in [2.24, 2.45) is 4.99 Å². The maximum Gasteiger partial charge on any atom is 0.138 e. The molecule has 0 aliphatic heterocycles. The fraction of sp³-hybridized carbons (Fsp3) is 0.0909. The molecule has 0 spiro atoms. The Labute approximate surface area is 175 Å². The van der Waals surface area contributed by atoms with Crippen molar-refractivity contribution in [3.05, 3.63) is 69.7 Å². The zero-order chi connectivity index (χ0) is 19.8. The third-order valence-corrected chi connectivity index (χ3v) is 6.67. The van der Waals surface area contributed by atoms with Crippen molar-refractivity contribution in [2.45, 2.75) is 13.8 Å².